The van der Waals surface area contributed by atoms with Gasteiger partial charge in [0.2, 0.25) is 6.29 Å². The smallest absolute Gasteiger partial charge is 0.338 e. The van der Waals surface area contributed by atoms with Crippen LogP contribution in [0.2, 0.25) is 0 Å². The second-order valence-electron chi connectivity index (χ2n) is 7.22. The monoisotopic (exact) mass is 463 g/mol. The van der Waals surface area contributed by atoms with Crippen molar-refractivity contribution in [1.82, 2.24) is 0 Å². The lowest BCUT2D eigenvalue weighted by atomic mass is 9.99. The molecule has 1 aliphatic heterocycles. The summed E-state index contributed by atoms with van der Waals surface area (Å²) in [7, 11) is 0. The quantitative estimate of drug-likeness (QED) is 0.216. The summed E-state index contributed by atoms with van der Waals surface area (Å²) in [6, 6.07) is 7.54. The van der Waals surface area contributed by atoms with Crippen LogP contribution in [0, 0.1) is 11.3 Å². The Balaban J connectivity index is 1.73. The van der Waals surface area contributed by atoms with E-state index in [0.29, 0.717) is 5.56 Å². The highest BCUT2D eigenvalue weighted by atomic mass is 16.7. The molecule has 0 aliphatic carbocycles. The number of hydrogen-bond donors (Lipinski definition) is 7. The molecule has 0 saturated carbocycles. The third-order valence-electron chi connectivity index (χ3n) is 4.92. The van der Waals surface area contributed by atoms with E-state index in [4.69, 9.17) is 19.5 Å². The number of hydrogen-bond acceptors (Lipinski definition) is 12. The average Bonchev–Trinajstić information content (AvgIpc) is 2.78. The molecule has 2 aromatic carbocycles. The van der Waals surface area contributed by atoms with Crippen molar-refractivity contribution in [1.29, 1.82) is 5.26 Å². The lowest BCUT2D eigenvalue weighted by Crippen LogP contribution is -2.60. The van der Waals surface area contributed by atoms with E-state index in [-0.39, 0.29) is 23.5 Å². The Morgan fingerprint density at radius 1 is 1.00 bits per heavy atom. The number of esters is 1. The van der Waals surface area contributed by atoms with Crippen molar-refractivity contribution in [2.75, 3.05) is 6.61 Å². The van der Waals surface area contributed by atoms with Crippen molar-refractivity contribution in [2.24, 2.45) is 0 Å². The molecule has 1 fully saturated rings. The van der Waals surface area contributed by atoms with Gasteiger partial charge in [-0.15, -0.1) is 0 Å². The van der Waals surface area contributed by atoms with Crippen LogP contribution in [0.3, 0.4) is 0 Å². The number of ether oxygens (including phenoxy) is 3. The number of nitrogens with zero attached hydrogens (tertiary/aromatic N) is 1. The number of aromatic hydroxyl groups is 4. The highest BCUT2D eigenvalue weighted by Crippen LogP contribution is 2.35. The summed E-state index contributed by atoms with van der Waals surface area (Å²) in [5, 5.41) is 77.6. The number of rotatable bonds is 6. The molecule has 7 N–H and O–H groups in total. The SMILES string of the molecule is N#CCc1ccc(O)cc1O[C@@H]1O[C@H](COC(=O)c2cc(O)c(O)c(O)c2)[C@@H](O)[C@H](O)[C@H]1O. The van der Waals surface area contributed by atoms with Crippen molar-refractivity contribution in [3.05, 3.63) is 41.5 Å². The maximum Gasteiger partial charge on any atom is 0.338 e. The van der Waals surface area contributed by atoms with Gasteiger partial charge in [-0.1, -0.05) is 6.07 Å². The normalized spacial score (nSPS) is 24.6. The summed E-state index contributed by atoms with van der Waals surface area (Å²) >= 11 is 0. The Morgan fingerprint density at radius 2 is 1.67 bits per heavy atom. The molecule has 2 aromatic rings. The van der Waals surface area contributed by atoms with E-state index in [1.807, 2.05) is 6.07 Å². The first-order valence-corrected chi connectivity index (χ1v) is 9.59. The van der Waals surface area contributed by atoms with Crippen molar-refractivity contribution in [3.8, 4) is 34.8 Å². The molecule has 12 nitrogen and oxygen atoms in total. The first-order valence-electron chi connectivity index (χ1n) is 9.59. The van der Waals surface area contributed by atoms with Crippen molar-refractivity contribution >= 4 is 5.97 Å². The molecule has 0 radical (unpaired) electrons. The Hall–Kier alpha value is -3.76. The maximum absolute atomic E-state index is 12.2. The fourth-order valence-corrected chi connectivity index (χ4v) is 3.12. The van der Waals surface area contributed by atoms with Gasteiger partial charge in [-0.3, -0.25) is 0 Å². The van der Waals surface area contributed by atoms with Crippen LogP contribution >= 0.6 is 0 Å². The number of nitriles is 1. The van der Waals surface area contributed by atoms with E-state index in [2.05, 4.69) is 0 Å². The Bertz CT molecular complexity index is 1040. The number of phenols is 4. The first-order chi connectivity index (χ1) is 15.6. The molecule has 0 unspecified atom stereocenters. The molecule has 0 bridgehead atoms. The Morgan fingerprint density at radius 3 is 2.30 bits per heavy atom. The van der Waals surface area contributed by atoms with Gasteiger partial charge in [0.15, 0.2) is 17.2 Å². The van der Waals surface area contributed by atoms with Crippen molar-refractivity contribution in [2.45, 2.75) is 37.1 Å². The average molecular weight is 463 g/mol. The van der Waals surface area contributed by atoms with Gasteiger partial charge >= 0.3 is 5.97 Å². The summed E-state index contributed by atoms with van der Waals surface area (Å²) in [4.78, 5) is 12.2. The van der Waals surface area contributed by atoms with Gasteiger partial charge in [-0.2, -0.15) is 5.26 Å². The largest absolute Gasteiger partial charge is 0.508 e. The summed E-state index contributed by atoms with van der Waals surface area (Å²) in [5.74, 6) is -3.60. The zero-order valence-electron chi connectivity index (χ0n) is 16.9. The fourth-order valence-electron chi connectivity index (χ4n) is 3.12. The van der Waals surface area contributed by atoms with Crippen LogP contribution < -0.4 is 4.74 Å². The fraction of sp³-hybridized carbons (Fsp3) is 0.333. The second kappa shape index (κ2) is 9.80. The van der Waals surface area contributed by atoms with Gasteiger partial charge < -0.3 is 50.0 Å². The van der Waals surface area contributed by atoms with E-state index in [1.54, 1.807) is 0 Å². The molecule has 176 valence electrons. The minimum absolute atomic E-state index is 0.00465. The topological polar surface area (TPSA) is 210 Å². The number of carbonyl (C=O) groups excluding carboxylic acids is 1. The van der Waals surface area contributed by atoms with E-state index < -0.39 is 60.5 Å². The summed E-state index contributed by atoms with van der Waals surface area (Å²) < 4.78 is 16.0. The van der Waals surface area contributed by atoms with Crippen LogP contribution in [0.15, 0.2) is 30.3 Å². The number of phenolic OH excluding ortho intramolecular Hbond substituents is 4. The van der Waals surface area contributed by atoms with Gasteiger partial charge in [0.1, 0.15) is 42.5 Å². The molecular formula is C21H21NO11. The molecule has 1 aliphatic rings. The Kier molecular flexibility index (Phi) is 7.10. The minimum atomic E-state index is -1.76. The second-order valence-corrected chi connectivity index (χ2v) is 7.22. The van der Waals surface area contributed by atoms with Gasteiger partial charge in [-0.25, -0.2) is 4.79 Å². The molecule has 0 aromatic heterocycles. The molecule has 0 amide bonds. The van der Waals surface area contributed by atoms with Crippen molar-refractivity contribution < 1.29 is 54.8 Å². The predicted molar refractivity (Wildman–Crippen MR) is 106 cm³/mol. The maximum atomic E-state index is 12.2. The van der Waals surface area contributed by atoms with Crippen LogP contribution in [-0.2, 0) is 15.9 Å². The summed E-state index contributed by atoms with van der Waals surface area (Å²) in [6.07, 6.45) is -8.18. The molecule has 5 atom stereocenters. The number of aliphatic hydroxyl groups excluding tert-OH is 3. The van der Waals surface area contributed by atoms with Crippen LogP contribution in [-0.4, -0.2) is 79.0 Å². The molecule has 3 rings (SSSR count). The van der Waals surface area contributed by atoms with E-state index >= 15 is 0 Å². The van der Waals surface area contributed by atoms with Crippen LogP contribution in [0.4, 0.5) is 0 Å². The molecule has 0 spiro atoms. The van der Waals surface area contributed by atoms with E-state index in [0.717, 1.165) is 12.1 Å². The lowest BCUT2D eigenvalue weighted by Gasteiger charge is -2.40. The molecule has 12 heteroatoms. The molecular weight excluding hydrogens is 442 g/mol. The van der Waals surface area contributed by atoms with Gasteiger partial charge in [0, 0.05) is 11.6 Å². The standard InChI is InChI=1S/C21H21NO11/c22-4-3-9-1-2-11(23)7-14(9)32-21-19(29)18(28)17(27)15(33-21)8-31-20(30)10-5-12(24)16(26)13(25)6-10/h1-2,5-7,15,17-19,21,23-29H,3,8H2/t15-,17-,18+,19-,21-/m1/s1. The molecule has 1 saturated heterocycles. The van der Waals surface area contributed by atoms with E-state index in [9.17, 15) is 40.5 Å². The molecule has 33 heavy (non-hydrogen) atoms. The van der Waals surface area contributed by atoms with Crippen LogP contribution in [0.25, 0.3) is 0 Å². The van der Waals surface area contributed by atoms with Gasteiger partial charge in [-0.05, 0) is 18.2 Å². The zero-order chi connectivity index (χ0) is 24.3. The first kappa shape index (κ1) is 23.9. The number of carbonyl (C=O) groups is 1. The Labute approximate surface area is 186 Å². The van der Waals surface area contributed by atoms with Crippen LogP contribution in [0.5, 0.6) is 28.7 Å². The summed E-state index contributed by atoms with van der Waals surface area (Å²) in [6.45, 7) is -0.628. The van der Waals surface area contributed by atoms with Gasteiger partial charge in [0.05, 0.1) is 18.1 Å². The summed E-state index contributed by atoms with van der Waals surface area (Å²) in [5.41, 5.74) is 0.0454. The highest BCUT2D eigenvalue weighted by Gasteiger charge is 2.45. The molecule has 1 heterocycles. The third-order valence-corrected chi connectivity index (χ3v) is 4.92. The van der Waals surface area contributed by atoms with Gasteiger partial charge in [0.25, 0.3) is 0 Å². The highest BCUT2D eigenvalue weighted by molar-refractivity contribution is 5.91. The van der Waals surface area contributed by atoms with E-state index in [1.165, 1.54) is 18.2 Å². The predicted octanol–water partition coefficient (Wildman–Crippen LogP) is -0.382. The number of aliphatic hydroxyl groups is 3. The lowest BCUT2D eigenvalue weighted by molar-refractivity contribution is -0.277. The zero-order valence-corrected chi connectivity index (χ0v) is 16.9. The number of benzene rings is 2. The van der Waals surface area contributed by atoms with Crippen molar-refractivity contribution in [3.63, 3.8) is 0 Å². The third kappa shape index (κ3) is 5.18. The minimum Gasteiger partial charge on any atom is -0.508 e. The van der Waals surface area contributed by atoms with Crippen LogP contribution in [0.1, 0.15) is 15.9 Å².